The molecule has 0 saturated heterocycles. The molecular formula is C13H18N2O2S. The highest BCUT2D eigenvalue weighted by Crippen LogP contribution is 2.30. The Labute approximate surface area is 111 Å². The summed E-state index contributed by atoms with van der Waals surface area (Å²) in [6.07, 6.45) is 8.40. The third-order valence-corrected chi connectivity index (χ3v) is 4.53. The molecule has 2 N–H and O–H groups in total. The molecule has 18 heavy (non-hydrogen) atoms. The lowest BCUT2D eigenvalue weighted by Crippen LogP contribution is -2.34. The number of thioether (sulfide) groups is 1. The Kier molecular flexibility index (Phi) is 4.47. The number of pyridine rings is 1. The van der Waals surface area contributed by atoms with Crippen LogP contribution in [0.25, 0.3) is 0 Å². The Bertz CT molecular complexity index is 425. The van der Waals surface area contributed by atoms with E-state index in [4.69, 9.17) is 5.11 Å². The van der Waals surface area contributed by atoms with E-state index in [1.807, 2.05) is 11.8 Å². The molecule has 0 radical (unpaired) electrons. The van der Waals surface area contributed by atoms with Crippen LogP contribution in [-0.2, 0) is 0 Å². The van der Waals surface area contributed by atoms with Crippen LogP contribution in [0.1, 0.15) is 36.2 Å². The zero-order chi connectivity index (χ0) is 13.0. The van der Waals surface area contributed by atoms with Gasteiger partial charge in [-0.25, -0.2) is 9.78 Å². The minimum atomic E-state index is -0.977. The maximum atomic E-state index is 11.1. The minimum Gasteiger partial charge on any atom is -0.476 e. The zero-order valence-electron chi connectivity index (χ0n) is 10.4. The van der Waals surface area contributed by atoms with Crippen molar-refractivity contribution in [2.45, 2.75) is 37.0 Å². The molecule has 1 aliphatic rings. The fraction of sp³-hybridized carbons (Fsp3) is 0.538. The second kappa shape index (κ2) is 6.09. The molecule has 1 aliphatic carbocycles. The van der Waals surface area contributed by atoms with Gasteiger partial charge in [-0.3, -0.25) is 0 Å². The number of nitrogens with zero attached hydrogens (tertiary/aromatic N) is 1. The van der Waals surface area contributed by atoms with E-state index in [2.05, 4.69) is 16.6 Å². The number of aromatic nitrogens is 1. The third-order valence-electron chi connectivity index (χ3n) is 3.36. The Balaban J connectivity index is 2.15. The fourth-order valence-electron chi connectivity index (χ4n) is 2.44. The molecule has 0 aliphatic heterocycles. The van der Waals surface area contributed by atoms with Gasteiger partial charge in [-0.05, 0) is 31.2 Å². The average molecular weight is 266 g/mol. The lowest BCUT2D eigenvalue weighted by atomic mass is 9.94. The van der Waals surface area contributed by atoms with E-state index < -0.39 is 5.97 Å². The van der Waals surface area contributed by atoms with Crippen LogP contribution in [0.5, 0.6) is 0 Å². The number of carboxylic acids is 1. The first-order valence-electron chi connectivity index (χ1n) is 6.20. The number of rotatable bonds is 4. The van der Waals surface area contributed by atoms with Crippen LogP contribution in [0.4, 0.5) is 5.69 Å². The van der Waals surface area contributed by atoms with Crippen molar-refractivity contribution in [1.29, 1.82) is 0 Å². The van der Waals surface area contributed by atoms with Crippen molar-refractivity contribution in [2.24, 2.45) is 0 Å². The quantitative estimate of drug-likeness (QED) is 0.877. The maximum absolute atomic E-state index is 11.1. The Morgan fingerprint density at radius 2 is 2.28 bits per heavy atom. The van der Waals surface area contributed by atoms with Gasteiger partial charge in [0.25, 0.3) is 0 Å². The van der Waals surface area contributed by atoms with Gasteiger partial charge in [0, 0.05) is 17.5 Å². The SMILES string of the molecule is CSC1CCCCC1Nc1cccnc1C(=O)O. The Hall–Kier alpha value is -1.23. The van der Waals surface area contributed by atoms with Gasteiger partial charge >= 0.3 is 5.97 Å². The molecule has 2 rings (SSSR count). The van der Waals surface area contributed by atoms with Gasteiger partial charge in [0.2, 0.25) is 0 Å². The van der Waals surface area contributed by atoms with Gasteiger partial charge in [0.1, 0.15) is 0 Å². The van der Waals surface area contributed by atoms with E-state index in [-0.39, 0.29) is 5.69 Å². The molecule has 5 heteroatoms. The highest BCUT2D eigenvalue weighted by molar-refractivity contribution is 7.99. The van der Waals surface area contributed by atoms with E-state index in [1.54, 1.807) is 12.1 Å². The standard InChI is InChI=1S/C13H18N2O2S/c1-18-11-7-3-2-5-9(11)15-10-6-4-8-14-12(10)13(16)17/h4,6,8-9,11,15H,2-3,5,7H2,1H3,(H,16,17). The molecule has 0 spiro atoms. The van der Waals surface area contributed by atoms with Crippen molar-refractivity contribution < 1.29 is 9.90 Å². The van der Waals surface area contributed by atoms with E-state index >= 15 is 0 Å². The van der Waals surface area contributed by atoms with Crippen LogP contribution < -0.4 is 5.32 Å². The predicted molar refractivity (Wildman–Crippen MR) is 74.4 cm³/mol. The van der Waals surface area contributed by atoms with Crippen LogP contribution >= 0.6 is 11.8 Å². The first-order valence-corrected chi connectivity index (χ1v) is 7.49. The fourth-order valence-corrected chi connectivity index (χ4v) is 3.37. The number of hydrogen-bond donors (Lipinski definition) is 2. The van der Waals surface area contributed by atoms with Crippen molar-refractivity contribution in [1.82, 2.24) is 4.98 Å². The van der Waals surface area contributed by atoms with Crippen molar-refractivity contribution in [3.63, 3.8) is 0 Å². The van der Waals surface area contributed by atoms with Crippen LogP contribution in [-0.4, -0.2) is 33.6 Å². The summed E-state index contributed by atoms with van der Waals surface area (Å²) in [7, 11) is 0. The molecule has 0 aromatic carbocycles. The first kappa shape index (κ1) is 13.2. The molecular weight excluding hydrogens is 248 g/mol. The average Bonchev–Trinajstić information content (AvgIpc) is 2.40. The molecule has 0 bridgehead atoms. The molecule has 2 unspecified atom stereocenters. The number of nitrogens with one attached hydrogen (secondary N) is 1. The van der Waals surface area contributed by atoms with Gasteiger partial charge < -0.3 is 10.4 Å². The summed E-state index contributed by atoms with van der Waals surface area (Å²) in [5, 5.41) is 13.0. The second-order valence-electron chi connectivity index (χ2n) is 4.51. The molecule has 1 saturated carbocycles. The summed E-state index contributed by atoms with van der Waals surface area (Å²) < 4.78 is 0. The van der Waals surface area contributed by atoms with Crippen LogP contribution in [0.15, 0.2) is 18.3 Å². The molecule has 4 nitrogen and oxygen atoms in total. The second-order valence-corrected chi connectivity index (χ2v) is 5.59. The largest absolute Gasteiger partial charge is 0.476 e. The highest BCUT2D eigenvalue weighted by Gasteiger charge is 2.25. The summed E-state index contributed by atoms with van der Waals surface area (Å²) in [5.74, 6) is -0.977. The van der Waals surface area contributed by atoms with Gasteiger partial charge in [0.15, 0.2) is 5.69 Å². The molecule has 1 heterocycles. The maximum Gasteiger partial charge on any atom is 0.356 e. The lowest BCUT2D eigenvalue weighted by Gasteiger charge is -2.31. The predicted octanol–water partition coefficient (Wildman–Crippen LogP) is 2.87. The van der Waals surface area contributed by atoms with Crippen LogP contribution in [0.3, 0.4) is 0 Å². The van der Waals surface area contributed by atoms with Gasteiger partial charge in [0.05, 0.1) is 5.69 Å². The summed E-state index contributed by atoms with van der Waals surface area (Å²) in [4.78, 5) is 15.0. The summed E-state index contributed by atoms with van der Waals surface area (Å²) in [6, 6.07) is 3.91. The van der Waals surface area contributed by atoms with Gasteiger partial charge in [-0.1, -0.05) is 12.8 Å². The Morgan fingerprint density at radius 1 is 1.50 bits per heavy atom. The minimum absolute atomic E-state index is 0.114. The van der Waals surface area contributed by atoms with Crippen LogP contribution in [0, 0.1) is 0 Å². The van der Waals surface area contributed by atoms with E-state index in [1.165, 1.54) is 25.5 Å². The summed E-state index contributed by atoms with van der Waals surface area (Å²) >= 11 is 1.86. The summed E-state index contributed by atoms with van der Waals surface area (Å²) in [6.45, 7) is 0. The normalized spacial score (nSPS) is 23.6. The van der Waals surface area contributed by atoms with Crippen molar-refractivity contribution in [2.75, 3.05) is 11.6 Å². The van der Waals surface area contributed by atoms with E-state index in [0.717, 1.165) is 6.42 Å². The molecule has 2 atom stereocenters. The number of carbonyl (C=O) groups is 1. The van der Waals surface area contributed by atoms with Crippen molar-refractivity contribution in [3.05, 3.63) is 24.0 Å². The lowest BCUT2D eigenvalue weighted by molar-refractivity contribution is 0.0691. The number of hydrogen-bond acceptors (Lipinski definition) is 4. The topological polar surface area (TPSA) is 62.2 Å². The van der Waals surface area contributed by atoms with Gasteiger partial charge in [-0.2, -0.15) is 11.8 Å². The van der Waals surface area contributed by atoms with Gasteiger partial charge in [-0.15, -0.1) is 0 Å². The highest BCUT2D eigenvalue weighted by atomic mass is 32.2. The van der Waals surface area contributed by atoms with Crippen molar-refractivity contribution >= 4 is 23.4 Å². The number of aromatic carboxylic acids is 1. The number of carboxylic acid groups (broad SMARTS) is 1. The first-order chi connectivity index (χ1) is 8.72. The number of anilines is 1. The Morgan fingerprint density at radius 3 is 3.00 bits per heavy atom. The zero-order valence-corrected chi connectivity index (χ0v) is 11.2. The van der Waals surface area contributed by atoms with E-state index in [9.17, 15) is 4.79 Å². The molecule has 1 aromatic rings. The molecule has 1 fully saturated rings. The van der Waals surface area contributed by atoms with Crippen LogP contribution in [0.2, 0.25) is 0 Å². The molecule has 98 valence electrons. The smallest absolute Gasteiger partial charge is 0.356 e. The molecule has 1 aromatic heterocycles. The van der Waals surface area contributed by atoms with Crippen molar-refractivity contribution in [3.8, 4) is 0 Å². The monoisotopic (exact) mass is 266 g/mol. The molecule has 0 amide bonds. The van der Waals surface area contributed by atoms with E-state index in [0.29, 0.717) is 17.0 Å². The third kappa shape index (κ3) is 2.96. The summed E-state index contributed by atoms with van der Waals surface area (Å²) in [5.41, 5.74) is 0.749.